The summed E-state index contributed by atoms with van der Waals surface area (Å²) in [5.74, 6) is -0.527. The number of sulfonamides is 1. The zero-order valence-electron chi connectivity index (χ0n) is 10.5. The van der Waals surface area contributed by atoms with E-state index in [-0.39, 0.29) is 22.1 Å². The second kappa shape index (κ2) is 5.21. The zero-order valence-corrected chi connectivity index (χ0v) is 11.3. The standard InChI is InChI=1S/C11H12N4O4S/c1-19-10(16)7-2-3-9(8(12)6-7)20(17,18)15-11-13-4-5-14-11/h2-6H,12H2,1H3,(H2,13,14,15). The molecule has 4 N–H and O–H groups in total. The predicted octanol–water partition coefficient (Wildman–Crippen LogP) is 0.579. The molecule has 0 atom stereocenters. The fraction of sp³-hybridized carbons (Fsp3) is 0.0909. The average molecular weight is 296 g/mol. The van der Waals surface area contributed by atoms with Gasteiger partial charge in [-0.3, -0.25) is 0 Å². The number of hydrogen-bond donors (Lipinski definition) is 3. The van der Waals surface area contributed by atoms with Crippen molar-refractivity contribution in [1.82, 2.24) is 9.97 Å². The normalized spacial score (nSPS) is 11.1. The molecule has 2 rings (SSSR count). The summed E-state index contributed by atoms with van der Waals surface area (Å²) >= 11 is 0. The number of hydrogen-bond acceptors (Lipinski definition) is 6. The predicted molar refractivity (Wildman–Crippen MR) is 71.6 cm³/mol. The first-order valence-electron chi connectivity index (χ1n) is 5.44. The molecule has 0 spiro atoms. The molecule has 1 aromatic carbocycles. The van der Waals surface area contributed by atoms with Crippen LogP contribution < -0.4 is 10.5 Å². The summed E-state index contributed by atoms with van der Waals surface area (Å²) in [4.78, 5) is 17.5. The lowest BCUT2D eigenvalue weighted by Gasteiger charge is -2.09. The van der Waals surface area contributed by atoms with E-state index in [0.717, 1.165) is 0 Å². The Kier molecular flexibility index (Phi) is 3.61. The molecule has 0 saturated heterocycles. The number of methoxy groups -OCH3 is 1. The number of aromatic amines is 1. The lowest BCUT2D eigenvalue weighted by atomic mass is 10.2. The average Bonchev–Trinajstić information content (AvgIpc) is 2.89. The van der Waals surface area contributed by atoms with Crippen LogP contribution in [0, 0.1) is 0 Å². The van der Waals surface area contributed by atoms with Crippen LogP contribution in [0.4, 0.5) is 11.6 Å². The molecule has 0 aliphatic heterocycles. The number of nitrogens with zero attached hydrogens (tertiary/aromatic N) is 1. The Morgan fingerprint density at radius 3 is 2.75 bits per heavy atom. The second-order valence-electron chi connectivity index (χ2n) is 3.79. The van der Waals surface area contributed by atoms with Crippen molar-refractivity contribution >= 4 is 27.6 Å². The van der Waals surface area contributed by atoms with Gasteiger partial charge in [-0.2, -0.15) is 0 Å². The number of aromatic nitrogens is 2. The van der Waals surface area contributed by atoms with Crippen molar-refractivity contribution in [1.29, 1.82) is 0 Å². The van der Waals surface area contributed by atoms with Crippen LogP contribution in [0.5, 0.6) is 0 Å². The van der Waals surface area contributed by atoms with Crippen molar-refractivity contribution in [3.05, 3.63) is 36.2 Å². The Morgan fingerprint density at radius 1 is 1.45 bits per heavy atom. The number of nitrogens with two attached hydrogens (primary N) is 1. The monoisotopic (exact) mass is 296 g/mol. The number of esters is 1. The number of imidazole rings is 1. The molecule has 0 saturated carbocycles. The van der Waals surface area contributed by atoms with Crippen LogP contribution in [-0.2, 0) is 14.8 Å². The van der Waals surface area contributed by atoms with Gasteiger partial charge in [0.1, 0.15) is 4.90 Å². The smallest absolute Gasteiger partial charge is 0.337 e. The number of ether oxygens (including phenoxy) is 1. The highest BCUT2D eigenvalue weighted by Gasteiger charge is 2.20. The molecule has 0 aliphatic carbocycles. The molecule has 0 unspecified atom stereocenters. The van der Waals surface area contributed by atoms with Gasteiger partial charge in [0.15, 0.2) is 0 Å². The Labute approximate surface area is 115 Å². The Hall–Kier alpha value is -2.55. The van der Waals surface area contributed by atoms with Gasteiger partial charge < -0.3 is 15.5 Å². The van der Waals surface area contributed by atoms with Crippen molar-refractivity contribution in [2.24, 2.45) is 0 Å². The van der Waals surface area contributed by atoms with Crippen LogP contribution >= 0.6 is 0 Å². The molecule has 0 aliphatic rings. The fourth-order valence-electron chi connectivity index (χ4n) is 1.54. The molecule has 0 amide bonds. The molecule has 0 bridgehead atoms. The van der Waals surface area contributed by atoms with E-state index in [1.807, 2.05) is 0 Å². The van der Waals surface area contributed by atoms with Crippen molar-refractivity contribution < 1.29 is 17.9 Å². The highest BCUT2D eigenvalue weighted by molar-refractivity contribution is 7.92. The van der Waals surface area contributed by atoms with Gasteiger partial charge in [-0.15, -0.1) is 0 Å². The highest BCUT2D eigenvalue weighted by Crippen LogP contribution is 2.22. The topological polar surface area (TPSA) is 127 Å². The SMILES string of the molecule is COC(=O)c1ccc(S(=O)(=O)Nc2ncc[nH]2)c(N)c1. The van der Waals surface area contributed by atoms with E-state index in [2.05, 4.69) is 19.4 Å². The summed E-state index contributed by atoms with van der Waals surface area (Å²) in [6.45, 7) is 0. The summed E-state index contributed by atoms with van der Waals surface area (Å²) in [6.07, 6.45) is 2.88. The maximum absolute atomic E-state index is 12.1. The molecule has 9 heteroatoms. The minimum absolute atomic E-state index is 0.0630. The van der Waals surface area contributed by atoms with Crippen LogP contribution in [0.2, 0.25) is 0 Å². The van der Waals surface area contributed by atoms with Gasteiger partial charge in [-0.1, -0.05) is 0 Å². The maximum Gasteiger partial charge on any atom is 0.337 e. The van der Waals surface area contributed by atoms with E-state index in [1.165, 1.54) is 37.7 Å². The summed E-state index contributed by atoms with van der Waals surface area (Å²) in [7, 11) is -2.66. The number of nitrogens with one attached hydrogen (secondary N) is 2. The maximum atomic E-state index is 12.1. The first-order valence-corrected chi connectivity index (χ1v) is 6.92. The summed E-state index contributed by atoms with van der Waals surface area (Å²) in [5.41, 5.74) is 5.78. The van der Waals surface area contributed by atoms with Crippen LogP contribution in [0.25, 0.3) is 0 Å². The zero-order chi connectivity index (χ0) is 14.8. The Bertz CT molecular complexity index is 725. The van der Waals surface area contributed by atoms with Gasteiger partial charge in [0.2, 0.25) is 5.95 Å². The molecule has 8 nitrogen and oxygen atoms in total. The summed E-state index contributed by atoms with van der Waals surface area (Å²) in [6, 6.07) is 3.79. The first kappa shape index (κ1) is 13.9. The first-order chi connectivity index (χ1) is 9.44. The van der Waals surface area contributed by atoms with Crippen molar-refractivity contribution in [2.45, 2.75) is 4.90 Å². The van der Waals surface area contributed by atoms with Gasteiger partial charge in [0.25, 0.3) is 10.0 Å². The van der Waals surface area contributed by atoms with Gasteiger partial charge in [-0.25, -0.2) is 22.9 Å². The van der Waals surface area contributed by atoms with Crippen molar-refractivity contribution in [3.8, 4) is 0 Å². The largest absolute Gasteiger partial charge is 0.465 e. The number of benzene rings is 1. The molecular weight excluding hydrogens is 284 g/mol. The third-order valence-electron chi connectivity index (χ3n) is 2.45. The summed E-state index contributed by atoms with van der Waals surface area (Å²) < 4.78 is 31.0. The van der Waals surface area contributed by atoms with Crippen LogP contribution in [0.3, 0.4) is 0 Å². The second-order valence-corrected chi connectivity index (χ2v) is 5.44. The molecule has 106 valence electrons. The van der Waals surface area contributed by atoms with E-state index in [4.69, 9.17) is 5.73 Å². The van der Waals surface area contributed by atoms with E-state index < -0.39 is 16.0 Å². The highest BCUT2D eigenvalue weighted by atomic mass is 32.2. The molecule has 0 fully saturated rings. The van der Waals surface area contributed by atoms with E-state index >= 15 is 0 Å². The minimum atomic E-state index is -3.88. The molecular formula is C11H12N4O4S. The number of anilines is 2. The molecule has 20 heavy (non-hydrogen) atoms. The number of carbonyl (C=O) groups excluding carboxylic acids is 1. The third-order valence-corrected chi connectivity index (χ3v) is 3.86. The molecule has 0 radical (unpaired) electrons. The van der Waals surface area contributed by atoms with Crippen molar-refractivity contribution in [3.63, 3.8) is 0 Å². The molecule has 1 heterocycles. The number of rotatable bonds is 4. The molecule has 2 aromatic rings. The number of carbonyl (C=O) groups is 1. The van der Waals surface area contributed by atoms with Gasteiger partial charge >= 0.3 is 5.97 Å². The van der Waals surface area contributed by atoms with Crippen LogP contribution in [-0.4, -0.2) is 31.5 Å². The third kappa shape index (κ3) is 2.72. The van der Waals surface area contributed by atoms with Crippen LogP contribution in [0.15, 0.2) is 35.5 Å². The lowest BCUT2D eigenvalue weighted by Crippen LogP contribution is -2.16. The lowest BCUT2D eigenvalue weighted by molar-refractivity contribution is 0.0600. The van der Waals surface area contributed by atoms with E-state index in [1.54, 1.807) is 0 Å². The Balaban J connectivity index is 2.35. The van der Waals surface area contributed by atoms with E-state index in [0.29, 0.717) is 0 Å². The van der Waals surface area contributed by atoms with Gasteiger partial charge in [-0.05, 0) is 18.2 Å². The minimum Gasteiger partial charge on any atom is -0.465 e. The number of nitrogen functional groups attached to an aromatic ring is 1. The molecule has 1 aromatic heterocycles. The van der Waals surface area contributed by atoms with Crippen molar-refractivity contribution in [2.75, 3.05) is 17.6 Å². The van der Waals surface area contributed by atoms with E-state index in [9.17, 15) is 13.2 Å². The quantitative estimate of drug-likeness (QED) is 0.559. The fourth-order valence-corrected chi connectivity index (χ4v) is 2.63. The van der Waals surface area contributed by atoms with Gasteiger partial charge in [0.05, 0.1) is 18.4 Å². The van der Waals surface area contributed by atoms with Gasteiger partial charge in [0, 0.05) is 12.4 Å². The number of H-pyrrole nitrogens is 1. The Morgan fingerprint density at radius 2 is 2.20 bits per heavy atom. The summed E-state index contributed by atoms with van der Waals surface area (Å²) in [5, 5.41) is 0. The van der Waals surface area contributed by atoms with Crippen LogP contribution in [0.1, 0.15) is 10.4 Å².